The summed E-state index contributed by atoms with van der Waals surface area (Å²) in [5.74, 6) is -0.269. The van der Waals surface area contributed by atoms with Crippen molar-refractivity contribution >= 4 is 23.5 Å². The van der Waals surface area contributed by atoms with E-state index in [0.717, 1.165) is 25.9 Å². The second-order valence-corrected chi connectivity index (χ2v) is 9.19. The van der Waals surface area contributed by atoms with Gasteiger partial charge in [0.05, 0.1) is 11.1 Å². The third kappa shape index (κ3) is 4.75. The standard InChI is InChI=1S/C17H26ClFN2OS/c1-10-9-12(22)13(15(19)14(10)18)16(21-23-17(2,3)4)11-5-7-20-8-6-11/h9,11,16,20-22H,5-8H2,1-4H3. The van der Waals surface area contributed by atoms with Gasteiger partial charge < -0.3 is 10.4 Å². The number of benzene rings is 1. The molecule has 0 aliphatic carbocycles. The molecule has 2 rings (SSSR count). The molecule has 0 bridgehead atoms. The van der Waals surface area contributed by atoms with E-state index in [1.54, 1.807) is 24.9 Å². The Morgan fingerprint density at radius 2 is 2.00 bits per heavy atom. The van der Waals surface area contributed by atoms with Crippen LogP contribution in [-0.2, 0) is 0 Å². The fourth-order valence-corrected chi connectivity index (χ4v) is 3.80. The monoisotopic (exact) mass is 360 g/mol. The number of nitrogens with one attached hydrogen (secondary N) is 2. The summed E-state index contributed by atoms with van der Waals surface area (Å²) in [6.45, 7) is 9.81. The number of phenolic OH excluding ortho intramolecular Hbond substituents is 1. The Morgan fingerprint density at radius 3 is 2.57 bits per heavy atom. The fraction of sp³-hybridized carbons (Fsp3) is 0.647. The van der Waals surface area contributed by atoms with Gasteiger partial charge in [0.15, 0.2) is 5.82 Å². The van der Waals surface area contributed by atoms with Crippen LogP contribution in [0, 0.1) is 18.7 Å². The molecule has 0 saturated carbocycles. The van der Waals surface area contributed by atoms with Gasteiger partial charge >= 0.3 is 0 Å². The van der Waals surface area contributed by atoms with Crippen LogP contribution in [0.1, 0.15) is 50.8 Å². The molecule has 0 aromatic heterocycles. The van der Waals surface area contributed by atoms with E-state index in [9.17, 15) is 9.50 Å². The predicted octanol–water partition coefficient (Wildman–Crippen LogP) is 4.57. The van der Waals surface area contributed by atoms with Gasteiger partial charge in [-0.25, -0.2) is 4.39 Å². The van der Waals surface area contributed by atoms with Gasteiger partial charge in [0.1, 0.15) is 5.75 Å². The smallest absolute Gasteiger partial charge is 0.150 e. The molecule has 1 unspecified atom stereocenters. The van der Waals surface area contributed by atoms with Gasteiger partial charge in [0.25, 0.3) is 0 Å². The van der Waals surface area contributed by atoms with E-state index in [0.29, 0.717) is 11.1 Å². The quantitative estimate of drug-likeness (QED) is 0.688. The highest BCUT2D eigenvalue weighted by Gasteiger charge is 2.32. The van der Waals surface area contributed by atoms with Gasteiger partial charge in [-0.15, -0.1) is 0 Å². The molecule has 1 atom stereocenters. The molecule has 130 valence electrons. The lowest BCUT2D eigenvalue weighted by Crippen LogP contribution is -2.36. The van der Waals surface area contributed by atoms with Gasteiger partial charge in [-0.1, -0.05) is 23.5 Å². The van der Waals surface area contributed by atoms with Crippen LogP contribution < -0.4 is 10.0 Å². The molecule has 1 fully saturated rings. The Labute approximate surface area is 147 Å². The third-order valence-corrected chi connectivity index (χ3v) is 5.51. The molecule has 0 amide bonds. The Morgan fingerprint density at radius 1 is 1.39 bits per heavy atom. The second kappa shape index (κ2) is 7.60. The average Bonchev–Trinajstić information content (AvgIpc) is 2.48. The normalized spacial score (nSPS) is 18.2. The number of piperidine rings is 1. The number of rotatable bonds is 4. The molecule has 3 N–H and O–H groups in total. The largest absolute Gasteiger partial charge is 0.507 e. The van der Waals surface area contributed by atoms with Crippen molar-refractivity contribution in [1.29, 1.82) is 0 Å². The summed E-state index contributed by atoms with van der Waals surface area (Å²) < 4.78 is 18.2. The molecule has 0 spiro atoms. The van der Waals surface area contributed by atoms with Gasteiger partial charge in [-0.3, -0.25) is 4.72 Å². The lowest BCUT2D eigenvalue weighted by molar-refractivity contribution is 0.298. The Kier molecular flexibility index (Phi) is 6.22. The van der Waals surface area contributed by atoms with Crippen molar-refractivity contribution in [1.82, 2.24) is 10.0 Å². The molecular weight excluding hydrogens is 335 g/mol. The van der Waals surface area contributed by atoms with Crippen molar-refractivity contribution in [2.24, 2.45) is 5.92 Å². The number of aryl methyl sites for hydroxylation is 1. The topological polar surface area (TPSA) is 44.3 Å². The van der Waals surface area contributed by atoms with E-state index in [1.807, 2.05) is 0 Å². The first-order valence-corrected chi connectivity index (χ1v) is 9.22. The predicted molar refractivity (Wildman–Crippen MR) is 96.6 cm³/mol. The van der Waals surface area contributed by atoms with Gasteiger partial charge in [0, 0.05) is 10.3 Å². The number of phenols is 1. The molecule has 1 aromatic carbocycles. The van der Waals surface area contributed by atoms with Crippen molar-refractivity contribution in [3.8, 4) is 5.75 Å². The van der Waals surface area contributed by atoms with Crippen LogP contribution in [0.3, 0.4) is 0 Å². The first-order valence-electron chi connectivity index (χ1n) is 8.02. The van der Waals surface area contributed by atoms with Crippen molar-refractivity contribution < 1.29 is 9.50 Å². The van der Waals surface area contributed by atoms with E-state index < -0.39 is 5.82 Å². The van der Waals surface area contributed by atoms with Crippen molar-refractivity contribution in [2.45, 2.75) is 51.3 Å². The zero-order valence-corrected chi connectivity index (χ0v) is 15.7. The average molecular weight is 361 g/mol. The zero-order valence-electron chi connectivity index (χ0n) is 14.2. The molecule has 23 heavy (non-hydrogen) atoms. The number of hydrogen-bond acceptors (Lipinski definition) is 4. The molecule has 1 aliphatic heterocycles. The van der Waals surface area contributed by atoms with Crippen LogP contribution in [-0.4, -0.2) is 22.9 Å². The summed E-state index contributed by atoms with van der Waals surface area (Å²) in [6, 6.07) is 1.29. The van der Waals surface area contributed by atoms with E-state index in [1.165, 1.54) is 0 Å². The van der Waals surface area contributed by atoms with E-state index >= 15 is 0 Å². The Bertz CT molecular complexity index is 557. The van der Waals surface area contributed by atoms with E-state index in [-0.39, 0.29) is 27.5 Å². The maximum Gasteiger partial charge on any atom is 0.150 e. The summed E-state index contributed by atoms with van der Waals surface area (Å²) >= 11 is 7.66. The molecule has 1 saturated heterocycles. The summed E-state index contributed by atoms with van der Waals surface area (Å²) in [7, 11) is 0. The molecule has 3 nitrogen and oxygen atoms in total. The van der Waals surface area contributed by atoms with Crippen LogP contribution in [0.25, 0.3) is 0 Å². The highest BCUT2D eigenvalue weighted by molar-refractivity contribution is 7.98. The summed E-state index contributed by atoms with van der Waals surface area (Å²) in [5, 5.41) is 13.8. The van der Waals surface area contributed by atoms with Crippen LogP contribution in [0.2, 0.25) is 5.02 Å². The fourth-order valence-electron chi connectivity index (χ4n) is 2.85. The van der Waals surface area contributed by atoms with Crippen molar-refractivity contribution in [3.05, 3.63) is 28.0 Å². The van der Waals surface area contributed by atoms with Crippen LogP contribution >= 0.6 is 23.5 Å². The minimum absolute atomic E-state index is 0.00818. The van der Waals surface area contributed by atoms with Gasteiger partial charge in [-0.05, 0) is 71.2 Å². The minimum atomic E-state index is -0.505. The van der Waals surface area contributed by atoms with Gasteiger partial charge in [0.2, 0.25) is 0 Å². The first-order chi connectivity index (χ1) is 10.7. The van der Waals surface area contributed by atoms with Crippen LogP contribution in [0.15, 0.2) is 6.07 Å². The molecular formula is C17H26ClFN2OS. The number of hydrogen-bond donors (Lipinski definition) is 3. The molecule has 6 heteroatoms. The summed E-state index contributed by atoms with van der Waals surface area (Å²) in [5.41, 5.74) is 0.849. The Hall–Kier alpha value is -0.490. The van der Waals surface area contributed by atoms with Crippen LogP contribution in [0.5, 0.6) is 5.75 Å². The summed E-state index contributed by atoms with van der Waals surface area (Å²) in [6.07, 6.45) is 1.87. The Balaban J connectivity index is 2.38. The number of aromatic hydroxyl groups is 1. The van der Waals surface area contributed by atoms with Crippen molar-refractivity contribution in [3.63, 3.8) is 0 Å². The maximum atomic E-state index is 14.8. The lowest BCUT2D eigenvalue weighted by Gasteiger charge is -2.34. The second-order valence-electron chi connectivity index (χ2n) is 7.15. The highest BCUT2D eigenvalue weighted by Crippen LogP contribution is 2.41. The van der Waals surface area contributed by atoms with Crippen molar-refractivity contribution in [2.75, 3.05) is 13.1 Å². The highest BCUT2D eigenvalue weighted by atomic mass is 35.5. The first kappa shape index (κ1) is 18.8. The minimum Gasteiger partial charge on any atom is -0.507 e. The maximum absolute atomic E-state index is 14.8. The molecule has 0 radical (unpaired) electrons. The molecule has 1 aliphatic rings. The lowest BCUT2D eigenvalue weighted by atomic mass is 9.85. The summed E-state index contributed by atoms with van der Waals surface area (Å²) in [4.78, 5) is 0. The number of halogens is 2. The van der Waals surface area contributed by atoms with Gasteiger partial charge in [-0.2, -0.15) is 0 Å². The van der Waals surface area contributed by atoms with Crippen LogP contribution in [0.4, 0.5) is 4.39 Å². The molecule has 1 aromatic rings. The zero-order chi connectivity index (χ0) is 17.2. The van der Waals surface area contributed by atoms with E-state index in [2.05, 4.69) is 30.8 Å². The SMILES string of the molecule is Cc1cc(O)c(C(NSC(C)(C)C)C2CCNCC2)c(F)c1Cl. The third-order valence-electron chi connectivity index (χ3n) is 4.06. The molecule has 1 heterocycles. The van der Waals surface area contributed by atoms with E-state index in [4.69, 9.17) is 11.6 Å².